The number of benzene rings is 1. The first kappa shape index (κ1) is 15.9. The topological polar surface area (TPSA) is 67.4 Å². The van der Waals surface area contributed by atoms with Crippen molar-refractivity contribution in [3.63, 3.8) is 0 Å². The van der Waals surface area contributed by atoms with Crippen LogP contribution in [0.1, 0.15) is 12.8 Å². The molecule has 1 saturated heterocycles. The van der Waals surface area contributed by atoms with Gasteiger partial charge in [-0.2, -0.15) is 0 Å². The maximum atomic E-state index is 11.9. The van der Waals surface area contributed by atoms with Crippen molar-refractivity contribution < 1.29 is 14.3 Å². The van der Waals surface area contributed by atoms with Gasteiger partial charge in [-0.15, -0.1) is 0 Å². The molecule has 1 aliphatic heterocycles. The number of carbonyl (C=O) groups is 2. The van der Waals surface area contributed by atoms with Crippen LogP contribution >= 0.6 is 23.2 Å². The molecule has 114 valence electrons. The molecule has 0 aliphatic carbocycles. The Labute approximate surface area is 132 Å². The first-order valence-electron chi connectivity index (χ1n) is 6.69. The average Bonchev–Trinajstić information content (AvgIpc) is 2.48. The van der Waals surface area contributed by atoms with Crippen molar-refractivity contribution in [2.75, 3.05) is 19.7 Å². The van der Waals surface area contributed by atoms with Gasteiger partial charge in [-0.1, -0.05) is 29.3 Å². The van der Waals surface area contributed by atoms with Crippen molar-refractivity contribution >= 4 is 35.0 Å². The zero-order chi connectivity index (χ0) is 15.2. The molecule has 1 heterocycles. The molecule has 1 aromatic rings. The molecule has 1 aliphatic rings. The molecule has 0 bridgehead atoms. The lowest BCUT2D eigenvalue weighted by atomic mass is 9.98. The first-order valence-corrected chi connectivity index (χ1v) is 7.44. The molecule has 21 heavy (non-hydrogen) atoms. The van der Waals surface area contributed by atoms with Gasteiger partial charge < -0.3 is 15.4 Å². The highest BCUT2D eigenvalue weighted by atomic mass is 35.5. The zero-order valence-electron chi connectivity index (χ0n) is 11.3. The van der Waals surface area contributed by atoms with Crippen molar-refractivity contribution in [1.29, 1.82) is 0 Å². The number of amides is 2. The molecular formula is C14H16Cl2N2O3. The summed E-state index contributed by atoms with van der Waals surface area (Å²) in [6.07, 6.45) is 0.978. The van der Waals surface area contributed by atoms with Gasteiger partial charge in [0.05, 0.1) is 17.5 Å². The van der Waals surface area contributed by atoms with Crippen molar-refractivity contribution in [2.24, 2.45) is 5.92 Å². The minimum absolute atomic E-state index is 0.00187. The fourth-order valence-electron chi connectivity index (χ4n) is 2.03. The molecule has 0 saturated carbocycles. The van der Waals surface area contributed by atoms with Crippen LogP contribution in [-0.2, 0) is 9.59 Å². The number of piperidine rings is 1. The molecule has 1 fully saturated rings. The van der Waals surface area contributed by atoms with Crippen LogP contribution in [0.2, 0.25) is 10.0 Å². The number of ether oxygens (including phenoxy) is 1. The van der Waals surface area contributed by atoms with Crippen LogP contribution in [-0.4, -0.2) is 31.5 Å². The van der Waals surface area contributed by atoms with E-state index in [2.05, 4.69) is 10.6 Å². The molecule has 1 unspecified atom stereocenters. The van der Waals surface area contributed by atoms with Gasteiger partial charge in [-0.25, -0.2) is 0 Å². The highest BCUT2D eigenvalue weighted by molar-refractivity contribution is 6.42. The average molecular weight is 331 g/mol. The summed E-state index contributed by atoms with van der Waals surface area (Å²) in [6.45, 7) is 1.06. The second-order valence-electron chi connectivity index (χ2n) is 4.73. The fraction of sp³-hybridized carbons (Fsp3) is 0.429. The van der Waals surface area contributed by atoms with Crippen LogP contribution in [0.15, 0.2) is 18.2 Å². The molecule has 1 atom stereocenters. The van der Waals surface area contributed by atoms with E-state index in [1.165, 1.54) is 0 Å². The molecule has 5 nitrogen and oxygen atoms in total. The van der Waals surface area contributed by atoms with Gasteiger partial charge in [-0.05, 0) is 18.6 Å². The molecule has 2 amide bonds. The van der Waals surface area contributed by atoms with E-state index >= 15 is 0 Å². The summed E-state index contributed by atoms with van der Waals surface area (Å²) in [4.78, 5) is 22.9. The Hall–Kier alpha value is -1.46. The molecule has 2 N–H and O–H groups in total. The Bertz CT molecular complexity index is 527. The summed E-state index contributed by atoms with van der Waals surface area (Å²) in [5, 5.41) is 6.25. The lowest BCUT2D eigenvalue weighted by molar-refractivity contribution is -0.129. The third-order valence-electron chi connectivity index (χ3n) is 3.21. The quantitative estimate of drug-likeness (QED) is 0.811. The number of carbonyl (C=O) groups excluding carboxylic acids is 2. The van der Waals surface area contributed by atoms with Crippen molar-refractivity contribution in [3.8, 4) is 5.75 Å². The number of hydrogen-bond donors (Lipinski definition) is 2. The lowest BCUT2D eigenvalue weighted by Crippen LogP contribution is -2.43. The fourth-order valence-corrected chi connectivity index (χ4v) is 2.38. The summed E-state index contributed by atoms with van der Waals surface area (Å²) in [7, 11) is 0. The summed E-state index contributed by atoms with van der Waals surface area (Å²) in [5.41, 5.74) is 0. The third-order valence-corrected chi connectivity index (χ3v) is 4.01. The van der Waals surface area contributed by atoms with Crippen LogP contribution in [0.4, 0.5) is 0 Å². The van der Waals surface area contributed by atoms with E-state index < -0.39 is 0 Å². The second kappa shape index (κ2) is 7.52. The van der Waals surface area contributed by atoms with E-state index in [1.807, 2.05) is 0 Å². The van der Waals surface area contributed by atoms with Crippen molar-refractivity contribution in [2.45, 2.75) is 12.8 Å². The Balaban J connectivity index is 1.71. The van der Waals surface area contributed by atoms with E-state index in [4.69, 9.17) is 27.9 Å². The summed E-state index contributed by atoms with van der Waals surface area (Å²) < 4.78 is 5.47. The second-order valence-corrected chi connectivity index (χ2v) is 5.52. The number of halogens is 2. The molecule has 0 aromatic heterocycles. The van der Waals surface area contributed by atoms with E-state index in [0.717, 1.165) is 0 Å². The van der Waals surface area contributed by atoms with E-state index in [-0.39, 0.29) is 17.7 Å². The highest BCUT2D eigenvalue weighted by Gasteiger charge is 2.23. The normalized spacial score (nSPS) is 18.0. The van der Waals surface area contributed by atoms with Gasteiger partial charge in [0.1, 0.15) is 17.4 Å². The Morgan fingerprint density at radius 2 is 2.24 bits per heavy atom. The summed E-state index contributed by atoms with van der Waals surface area (Å²) >= 11 is 11.9. The zero-order valence-corrected chi connectivity index (χ0v) is 12.8. The number of nitrogens with one attached hydrogen (secondary N) is 2. The first-order chi connectivity index (χ1) is 10.1. The van der Waals surface area contributed by atoms with Gasteiger partial charge in [-0.3, -0.25) is 9.59 Å². The van der Waals surface area contributed by atoms with Gasteiger partial charge in [0.15, 0.2) is 0 Å². The highest BCUT2D eigenvalue weighted by Crippen LogP contribution is 2.31. The monoisotopic (exact) mass is 330 g/mol. The molecule has 7 heteroatoms. The number of rotatable bonds is 5. The van der Waals surface area contributed by atoms with Gasteiger partial charge >= 0.3 is 0 Å². The molecule has 1 aromatic carbocycles. The minimum Gasteiger partial charge on any atom is -0.490 e. The van der Waals surface area contributed by atoms with Gasteiger partial charge in [0.25, 0.3) is 0 Å². The minimum atomic E-state index is -0.169. The van der Waals surface area contributed by atoms with Gasteiger partial charge in [0.2, 0.25) is 11.8 Å². The largest absolute Gasteiger partial charge is 0.490 e. The molecule has 0 radical (unpaired) electrons. The lowest BCUT2D eigenvalue weighted by Gasteiger charge is -2.21. The number of hydrogen-bond acceptors (Lipinski definition) is 3. The summed E-state index contributed by atoms with van der Waals surface area (Å²) in [6, 6.07) is 5.13. The summed E-state index contributed by atoms with van der Waals surface area (Å²) in [5.74, 6) is 0.245. The van der Waals surface area contributed by atoms with Crippen LogP contribution in [0.5, 0.6) is 5.75 Å². The molecule has 0 spiro atoms. The predicted molar refractivity (Wildman–Crippen MR) is 80.7 cm³/mol. The van der Waals surface area contributed by atoms with Gasteiger partial charge in [0, 0.05) is 13.0 Å². The van der Waals surface area contributed by atoms with Crippen LogP contribution in [0, 0.1) is 5.92 Å². The third kappa shape index (κ3) is 4.51. The van der Waals surface area contributed by atoms with E-state index in [0.29, 0.717) is 48.3 Å². The maximum Gasteiger partial charge on any atom is 0.225 e. The van der Waals surface area contributed by atoms with Crippen molar-refractivity contribution in [3.05, 3.63) is 28.2 Å². The molecular weight excluding hydrogens is 315 g/mol. The van der Waals surface area contributed by atoms with E-state index in [1.54, 1.807) is 18.2 Å². The van der Waals surface area contributed by atoms with Crippen LogP contribution in [0.25, 0.3) is 0 Å². The smallest absolute Gasteiger partial charge is 0.225 e. The molecule has 2 rings (SSSR count). The Morgan fingerprint density at radius 3 is 2.95 bits per heavy atom. The standard InChI is InChI=1S/C14H16Cl2N2O3/c15-10-2-1-3-11(13(10)16)21-7-6-17-14(20)9-4-5-12(19)18-8-9/h1-3,9H,4-8H2,(H,17,20)(H,18,19). The maximum absolute atomic E-state index is 11.9. The van der Waals surface area contributed by atoms with Crippen LogP contribution in [0.3, 0.4) is 0 Å². The Kier molecular flexibility index (Phi) is 5.70. The van der Waals surface area contributed by atoms with Crippen LogP contribution < -0.4 is 15.4 Å². The van der Waals surface area contributed by atoms with E-state index in [9.17, 15) is 9.59 Å². The predicted octanol–water partition coefficient (Wildman–Crippen LogP) is 2.01. The SMILES string of the molecule is O=C1CCC(C(=O)NCCOc2cccc(Cl)c2Cl)CN1. The van der Waals surface area contributed by atoms with Crippen molar-refractivity contribution in [1.82, 2.24) is 10.6 Å². The Morgan fingerprint density at radius 1 is 1.43 bits per heavy atom.